The second kappa shape index (κ2) is 8.52. The van der Waals surface area contributed by atoms with Gasteiger partial charge in [-0.25, -0.2) is 9.59 Å². The maximum atomic E-state index is 13.2. The van der Waals surface area contributed by atoms with Crippen LogP contribution in [0.1, 0.15) is 33.0 Å². The van der Waals surface area contributed by atoms with Crippen molar-refractivity contribution in [3.8, 4) is 23.8 Å². The first kappa shape index (κ1) is 21.7. The van der Waals surface area contributed by atoms with Crippen molar-refractivity contribution in [2.75, 3.05) is 7.11 Å². The number of carbonyl (C=O) groups excluding carboxylic acids is 2. The van der Waals surface area contributed by atoms with Gasteiger partial charge in [-0.15, -0.1) is 6.42 Å². The summed E-state index contributed by atoms with van der Waals surface area (Å²) in [5.74, 6) is -1.20. The molecule has 1 aliphatic rings. The molecule has 4 rings (SSSR count). The molecule has 3 aromatic rings. The summed E-state index contributed by atoms with van der Waals surface area (Å²) in [7, 11) is 1.49. The third kappa shape index (κ3) is 3.68. The number of terminal acetylenes is 1. The molecular formula is C26H19NO6. The molecule has 3 aromatic carbocycles. The van der Waals surface area contributed by atoms with Crippen molar-refractivity contribution in [2.24, 2.45) is 0 Å². The molecule has 164 valence electrons. The Balaban J connectivity index is 1.87. The van der Waals surface area contributed by atoms with Gasteiger partial charge < -0.3 is 19.9 Å². The van der Waals surface area contributed by atoms with E-state index in [4.69, 9.17) is 15.9 Å². The molecule has 0 bridgehead atoms. The summed E-state index contributed by atoms with van der Waals surface area (Å²) in [4.78, 5) is 39.0. The molecule has 2 N–H and O–H groups in total. The summed E-state index contributed by atoms with van der Waals surface area (Å²) in [5.41, 5.74) is -0.736. The van der Waals surface area contributed by atoms with Crippen LogP contribution in [0.5, 0.6) is 11.5 Å². The Morgan fingerprint density at radius 1 is 1.06 bits per heavy atom. The Kier molecular flexibility index (Phi) is 5.59. The average molecular weight is 441 g/mol. The van der Waals surface area contributed by atoms with Crippen molar-refractivity contribution in [3.63, 3.8) is 0 Å². The zero-order chi connectivity index (χ0) is 23.6. The van der Waals surface area contributed by atoms with Crippen LogP contribution in [0.15, 0.2) is 72.8 Å². The second-order valence-corrected chi connectivity index (χ2v) is 7.42. The molecule has 0 spiro atoms. The van der Waals surface area contributed by atoms with Crippen molar-refractivity contribution in [1.82, 2.24) is 5.32 Å². The zero-order valence-corrected chi connectivity index (χ0v) is 17.6. The lowest BCUT2D eigenvalue weighted by atomic mass is 9.72. The minimum absolute atomic E-state index is 0.157. The Morgan fingerprint density at radius 2 is 1.73 bits per heavy atom. The Hall–Kier alpha value is -4.57. The molecular weight excluding hydrogens is 422 g/mol. The SMILES string of the molecule is C#Cc1ccc(C2c3ccccc3OC(=O)C2(NC(=O)c2ccc(OC)cc2)C(=O)O)cc1. The van der Waals surface area contributed by atoms with E-state index in [1.54, 1.807) is 60.7 Å². The number of nitrogens with one attached hydrogen (secondary N) is 1. The summed E-state index contributed by atoms with van der Waals surface area (Å²) in [6.07, 6.45) is 5.45. The summed E-state index contributed by atoms with van der Waals surface area (Å²) >= 11 is 0. The van der Waals surface area contributed by atoms with E-state index in [9.17, 15) is 19.5 Å². The van der Waals surface area contributed by atoms with E-state index in [1.165, 1.54) is 19.2 Å². The molecule has 0 radical (unpaired) electrons. The number of benzene rings is 3. The highest BCUT2D eigenvalue weighted by Gasteiger charge is 2.60. The van der Waals surface area contributed by atoms with E-state index < -0.39 is 29.3 Å². The minimum Gasteiger partial charge on any atom is -0.497 e. The molecule has 1 amide bonds. The quantitative estimate of drug-likeness (QED) is 0.273. The predicted octanol–water partition coefficient (Wildman–Crippen LogP) is 2.98. The first-order valence-electron chi connectivity index (χ1n) is 9.98. The van der Waals surface area contributed by atoms with Gasteiger partial charge in [-0.05, 0) is 48.0 Å². The molecule has 7 heteroatoms. The van der Waals surface area contributed by atoms with Crippen LogP contribution in [0, 0.1) is 12.3 Å². The summed E-state index contributed by atoms with van der Waals surface area (Å²) in [5, 5.41) is 12.8. The molecule has 2 atom stereocenters. The lowest BCUT2D eigenvalue weighted by molar-refractivity contribution is -0.159. The number of rotatable bonds is 5. The van der Waals surface area contributed by atoms with E-state index >= 15 is 0 Å². The maximum Gasteiger partial charge on any atom is 0.350 e. The van der Waals surface area contributed by atoms with Crippen LogP contribution >= 0.6 is 0 Å². The van der Waals surface area contributed by atoms with E-state index in [0.717, 1.165) is 0 Å². The number of amides is 1. The number of carboxylic acids is 1. The van der Waals surface area contributed by atoms with Crippen LogP contribution in [0.4, 0.5) is 0 Å². The lowest BCUT2D eigenvalue weighted by Gasteiger charge is -2.40. The molecule has 7 nitrogen and oxygen atoms in total. The van der Waals surface area contributed by atoms with Crippen molar-refractivity contribution >= 4 is 17.8 Å². The zero-order valence-electron chi connectivity index (χ0n) is 17.6. The van der Waals surface area contributed by atoms with Gasteiger partial charge in [0.1, 0.15) is 11.5 Å². The Bertz CT molecular complexity index is 1270. The first-order chi connectivity index (χ1) is 15.9. The van der Waals surface area contributed by atoms with Gasteiger partial charge in [0.2, 0.25) is 5.54 Å². The fourth-order valence-electron chi connectivity index (χ4n) is 3.93. The number of aliphatic carboxylic acids is 1. The number of para-hydroxylation sites is 1. The van der Waals surface area contributed by atoms with E-state index in [1.807, 2.05) is 0 Å². The Morgan fingerprint density at radius 3 is 2.33 bits per heavy atom. The van der Waals surface area contributed by atoms with Crippen LogP contribution in [0.25, 0.3) is 0 Å². The molecule has 0 saturated carbocycles. The first-order valence-corrected chi connectivity index (χ1v) is 9.98. The number of hydrogen-bond acceptors (Lipinski definition) is 5. The number of ether oxygens (including phenoxy) is 2. The van der Waals surface area contributed by atoms with Crippen LogP contribution in [-0.4, -0.2) is 35.6 Å². The van der Waals surface area contributed by atoms with Crippen LogP contribution in [0.2, 0.25) is 0 Å². The summed E-state index contributed by atoms with van der Waals surface area (Å²) in [6.45, 7) is 0. The summed E-state index contributed by atoms with van der Waals surface area (Å²) < 4.78 is 10.5. The molecule has 33 heavy (non-hydrogen) atoms. The van der Waals surface area contributed by atoms with Crippen LogP contribution < -0.4 is 14.8 Å². The summed E-state index contributed by atoms with van der Waals surface area (Å²) in [6, 6.07) is 19.3. The molecule has 2 unspecified atom stereocenters. The average Bonchev–Trinajstić information content (AvgIpc) is 2.84. The van der Waals surface area contributed by atoms with Gasteiger partial charge in [-0.2, -0.15) is 0 Å². The van der Waals surface area contributed by atoms with E-state index in [2.05, 4.69) is 11.2 Å². The van der Waals surface area contributed by atoms with Crippen molar-refractivity contribution in [2.45, 2.75) is 11.5 Å². The van der Waals surface area contributed by atoms with Gasteiger partial charge in [0, 0.05) is 16.7 Å². The van der Waals surface area contributed by atoms with Gasteiger partial charge in [0.15, 0.2) is 0 Å². The predicted molar refractivity (Wildman–Crippen MR) is 119 cm³/mol. The second-order valence-electron chi connectivity index (χ2n) is 7.42. The van der Waals surface area contributed by atoms with Gasteiger partial charge in [-0.3, -0.25) is 4.79 Å². The van der Waals surface area contributed by atoms with Gasteiger partial charge in [-0.1, -0.05) is 36.3 Å². The maximum absolute atomic E-state index is 13.2. The molecule has 1 heterocycles. The number of carboxylic acid groups (broad SMARTS) is 1. The normalized spacial score (nSPS) is 18.9. The molecule has 0 aliphatic carbocycles. The van der Waals surface area contributed by atoms with Gasteiger partial charge in [0.25, 0.3) is 5.91 Å². The van der Waals surface area contributed by atoms with Gasteiger partial charge >= 0.3 is 11.9 Å². The van der Waals surface area contributed by atoms with Crippen LogP contribution in [0.3, 0.4) is 0 Å². The Labute approximate surface area is 190 Å². The number of carbonyl (C=O) groups is 3. The standard InChI is InChI=1S/C26H19NO6/c1-3-16-8-10-17(11-9-16)22-20-6-4-5-7-21(20)33-25(31)26(22,24(29)30)27-23(28)18-12-14-19(32-2)15-13-18/h1,4-15,22H,2H3,(H,27,28)(H,29,30). The minimum atomic E-state index is -2.41. The largest absolute Gasteiger partial charge is 0.497 e. The third-order valence-electron chi connectivity index (χ3n) is 5.60. The number of hydrogen-bond donors (Lipinski definition) is 2. The smallest absolute Gasteiger partial charge is 0.350 e. The number of methoxy groups -OCH3 is 1. The van der Waals surface area contributed by atoms with Crippen molar-refractivity contribution in [3.05, 3.63) is 95.1 Å². The highest BCUT2D eigenvalue weighted by molar-refractivity contribution is 6.12. The fourth-order valence-corrected chi connectivity index (χ4v) is 3.93. The van der Waals surface area contributed by atoms with Crippen molar-refractivity contribution in [1.29, 1.82) is 0 Å². The molecule has 0 saturated heterocycles. The third-order valence-corrected chi connectivity index (χ3v) is 5.60. The monoisotopic (exact) mass is 441 g/mol. The number of fused-ring (bicyclic) bond motifs is 1. The topological polar surface area (TPSA) is 102 Å². The van der Waals surface area contributed by atoms with E-state index in [-0.39, 0.29) is 11.3 Å². The van der Waals surface area contributed by atoms with Crippen molar-refractivity contribution < 1.29 is 29.0 Å². The molecule has 1 aliphatic heterocycles. The van der Waals surface area contributed by atoms with Crippen LogP contribution in [-0.2, 0) is 9.59 Å². The fraction of sp³-hybridized carbons (Fsp3) is 0.115. The van der Waals surface area contributed by atoms with E-state index in [0.29, 0.717) is 22.4 Å². The molecule has 0 fully saturated rings. The lowest BCUT2D eigenvalue weighted by Crippen LogP contribution is -2.66. The molecule has 0 aromatic heterocycles. The highest BCUT2D eigenvalue weighted by Crippen LogP contribution is 2.44. The highest BCUT2D eigenvalue weighted by atomic mass is 16.5. The number of esters is 1. The van der Waals surface area contributed by atoms with Gasteiger partial charge in [0.05, 0.1) is 13.0 Å².